The first-order chi connectivity index (χ1) is 13.6. The van der Waals surface area contributed by atoms with E-state index in [0.717, 1.165) is 37.7 Å². The van der Waals surface area contributed by atoms with E-state index in [9.17, 15) is 4.79 Å². The number of hydrogen-bond acceptors (Lipinski definition) is 6. The van der Waals surface area contributed by atoms with Crippen molar-refractivity contribution in [1.29, 1.82) is 0 Å². The molecule has 0 saturated carbocycles. The molecule has 0 radical (unpaired) electrons. The average Bonchev–Trinajstić information content (AvgIpc) is 2.70. The lowest BCUT2D eigenvalue weighted by Crippen LogP contribution is -2.33. The van der Waals surface area contributed by atoms with Gasteiger partial charge in [0.2, 0.25) is 0 Å². The molecule has 1 fully saturated rings. The summed E-state index contributed by atoms with van der Waals surface area (Å²) in [7, 11) is 0. The van der Waals surface area contributed by atoms with Crippen molar-refractivity contribution >= 4 is 17.5 Å². The fraction of sp³-hybridized carbons (Fsp3) is 0.476. The molecule has 0 aliphatic carbocycles. The normalized spacial score (nSPS) is 14.6. The van der Waals surface area contributed by atoms with Crippen LogP contribution in [0.3, 0.4) is 0 Å². The van der Waals surface area contributed by atoms with Crippen molar-refractivity contribution in [1.82, 2.24) is 9.97 Å². The van der Waals surface area contributed by atoms with E-state index < -0.39 is 0 Å². The summed E-state index contributed by atoms with van der Waals surface area (Å²) in [5.74, 6) is 3.02. The van der Waals surface area contributed by atoms with Crippen molar-refractivity contribution in [2.24, 2.45) is 5.92 Å². The third-order valence-electron chi connectivity index (χ3n) is 4.81. The van der Waals surface area contributed by atoms with Gasteiger partial charge in [0.1, 0.15) is 18.0 Å². The Morgan fingerprint density at radius 3 is 2.54 bits per heavy atom. The second-order valence-electron chi connectivity index (χ2n) is 6.91. The summed E-state index contributed by atoms with van der Waals surface area (Å²) >= 11 is 0. The SMILES string of the molecule is CCOc1ccc(C(=O)Nc2cc(N3CCC(C)CC3)ncn2)cc1OCC. The average molecular weight is 384 g/mol. The molecule has 1 amide bonds. The molecule has 1 aromatic heterocycles. The lowest BCUT2D eigenvalue weighted by atomic mass is 9.99. The van der Waals surface area contributed by atoms with E-state index in [1.54, 1.807) is 18.2 Å². The summed E-state index contributed by atoms with van der Waals surface area (Å²) in [4.78, 5) is 23.5. The van der Waals surface area contributed by atoms with Gasteiger partial charge in [-0.25, -0.2) is 9.97 Å². The van der Waals surface area contributed by atoms with Gasteiger partial charge in [-0.15, -0.1) is 0 Å². The minimum Gasteiger partial charge on any atom is -0.490 e. The van der Waals surface area contributed by atoms with Crippen molar-refractivity contribution in [3.8, 4) is 11.5 Å². The van der Waals surface area contributed by atoms with E-state index >= 15 is 0 Å². The molecule has 1 aliphatic rings. The van der Waals surface area contributed by atoms with Gasteiger partial charge in [-0.1, -0.05) is 6.92 Å². The first-order valence-corrected chi connectivity index (χ1v) is 9.88. The minimum absolute atomic E-state index is 0.249. The Hall–Kier alpha value is -2.83. The highest BCUT2D eigenvalue weighted by Gasteiger charge is 2.18. The van der Waals surface area contributed by atoms with Gasteiger partial charge in [-0.2, -0.15) is 0 Å². The number of amides is 1. The van der Waals surface area contributed by atoms with Crippen LogP contribution in [0.15, 0.2) is 30.6 Å². The Morgan fingerprint density at radius 2 is 1.82 bits per heavy atom. The molecular weight excluding hydrogens is 356 g/mol. The molecule has 1 N–H and O–H groups in total. The highest BCUT2D eigenvalue weighted by molar-refractivity contribution is 6.04. The fourth-order valence-corrected chi connectivity index (χ4v) is 3.21. The van der Waals surface area contributed by atoms with Gasteiger partial charge in [-0.05, 0) is 50.8 Å². The molecule has 0 atom stereocenters. The van der Waals surface area contributed by atoms with Crippen molar-refractivity contribution < 1.29 is 14.3 Å². The first kappa shape index (κ1) is 19.9. The number of rotatable bonds is 7. The number of piperidine rings is 1. The number of nitrogens with zero attached hydrogens (tertiary/aromatic N) is 3. The van der Waals surface area contributed by atoms with E-state index in [1.807, 2.05) is 19.9 Å². The van der Waals surface area contributed by atoms with Crippen LogP contribution in [0.2, 0.25) is 0 Å². The molecule has 1 saturated heterocycles. The van der Waals surface area contributed by atoms with E-state index in [2.05, 4.69) is 27.1 Å². The van der Waals surface area contributed by atoms with E-state index in [-0.39, 0.29) is 5.91 Å². The molecule has 0 unspecified atom stereocenters. The van der Waals surface area contributed by atoms with Gasteiger partial charge in [0.05, 0.1) is 13.2 Å². The van der Waals surface area contributed by atoms with Gasteiger partial charge in [-0.3, -0.25) is 4.79 Å². The number of nitrogens with one attached hydrogen (secondary N) is 1. The van der Waals surface area contributed by atoms with Crippen LogP contribution in [-0.2, 0) is 0 Å². The quantitative estimate of drug-likeness (QED) is 0.783. The predicted molar refractivity (Wildman–Crippen MR) is 109 cm³/mol. The number of aromatic nitrogens is 2. The maximum absolute atomic E-state index is 12.7. The van der Waals surface area contributed by atoms with Crippen LogP contribution in [0.1, 0.15) is 44.0 Å². The van der Waals surface area contributed by atoms with Crippen LogP contribution >= 0.6 is 0 Å². The summed E-state index contributed by atoms with van der Waals surface area (Å²) < 4.78 is 11.2. The molecule has 1 aliphatic heterocycles. The van der Waals surface area contributed by atoms with Gasteiger partial charge in [0.25, 0.3) is 5.91 Å². The molecule has 2 heterocycles. The topological polar surface area (TPSA) is 76.6 Å². The monoisotopic (exact) mass is 384 g/mol. The van der Waals surface area contributed by atoms with Gasteiger partial charge in [0, 0.05) is 24.7 Å². The summed E-state index contributed by atoms with van der Waals surface area (Å²) in [5.41, 5.74) is 0.485. The van der Waals surface area contributed by atoms with E-state index in [0.29, 0.717) is 36.1 Å². The zero-order valence-electron chi connectivity index (χ0n) is 16.8. The van der Waals surface area contributed by atoms with Crippen LogP contribution in [0, 0.1) is 5.92 Å². The molecule has 0 bridgehead atoms. The Kier molecular flexibility index (Phi) is 6.68. The van der Waals surface area contributed by atoms with Crippen LogP contribution in [0.4, 0.5) is 11.6 Å². The predicted octanol–water partition coefficient (Wildman–Crippen LogP) is 3.76. The Labute approximate surface area is 166 Å². The Morgan fingerprint density at radius 1 is 1.11 bits per heavy atom. The molecule has 1 aromatic carbocycles. The maximum Gasteiger partial charge on any atom is 0.256 e. The number of carbonyl (C=O) groups excluding carboxylic acids is 1. The highest BCUT2D eigenvalue weighted by Crippen LogP contribution is 2.29. The number of benzene rings is 1. The largest absolute Gasteiger partial charge is 0.490 e. The smallest absolute Gasteiger partial charge is 0.256 e. The molecule has 3 rings (SSSR count). The third-order valence-corrected chi connectivity index (χ3v) is 4.81. The van der Waals surface area contributed by atoms with Crippen LogP contribution in [0.25, 0.3) is 0 Å². The summed E-state index contributed by atoms with van der Waals surface area (Å²) in [5, 5.41) is 2.85. The molecule has 28 heavy (non-hydrogen) atoms. The van der Waals surface area contributed by atoms with Crippen molar-refractivity contribution in [3.05, 3.63) is 36.2 Å². The Bertz CT molecular complexity index is 804. The van der Waals surface area contributed by atoms with Crippen LogP contribution < -0.4 is 19.7 Å². The summed E-state index contributed by atoms with van der Waals surface area (Å²) in [6, 6.07) is 6.99. The summed E-state index contributed by atoms with van der Waals surface area (Å²) in [6.07, 6.45) is 3.79. The lowest BCUT2D eigenvalue weighted by Gasteiger charge is -2.31. The van der Waals surface area contributed by atoms with Crippen molar-refractivity contribution in [2.75, 3.05) is 36.5 Å². The fourth-order valence-electron chi connectivity index (χ4n) is 3.21. The number of carbonyl (C=O) groups is 1. The minimum atomic E-state index is -0.249. The van der Waals surface area contributed by atoms with Crippen LogP contribution in [-0.4, -0.2) is 42.2 Å². The zero-order chi connectivity index (χ0) is 19.9. The first-order valence-electron chi connectivity index (χ1n) is 9.88. The second kappa shape index (κ2) is 9.39. The molecule has 2 aromatic rings. The standard InChI is InChI=1S/C21H28N4O3/c1-4-27-17-7-6-16(12-18(17)28-5-2)21(26)24-19-13-20(23-14-22-19)25-10-8-15(3)9-11-25/h6-7,12-15H,4-5,8-11H2,1-3H3,(H,22,23,24,26). The van der Waals surface area contributed by atoms with Gasteiger partial charge in [0.15, 0.2) is 11.5 Å². The molecule has 150 valence electrons. The van der Waals surface area contributed by atoms with E-state index in [4.69, 9.17) is 9.47 Å². The van der Waals surface area contributed by atoms with Gasteiger partial charge >= 0.3 is 0 Å². The van der Waals surface area contributed by atoms with Crippen LogP contribution in [0.5, 0.6) is 11.5 Å². The summed E-state index contributed by atoms with van der Waals surface area (Å²) in [6.45, 7) is 9.05. The molecule has 7 heteroatoms. The molecule has 7 nitrogen and oxygen atoms in total. The lowest BCUT2D eigenvalue weighted by molar-refractivity contribution is 0.102. The highest BCUT2D eigenvalue weighted by atomic mass is 16.5. The number of anilines is 2. The molecule has 0 spiro atoms. The van der Waals surface area contributed by atoms with Crippen molar-refractivity contribution in [2.45, 2.75) is 33.6 Å². The Balaban J connectivity index is 1.72. The van der Waals surface area contributed by atoms with Gasteiger partial charge < -0.3 is 19.7 Å². The van der Waals surface area contributed by atoms with Crippen molar-refractivity contribution in [3.63, 3.8) is 0 Å². The number of hydrogen-bond donors (Lipinski definition) is 1. The maximum atomic E-state index is 12.7. The number of ether oxygens (including phenoxy) is 2. The second-order valence-corrected chi connectivity index (χ2v) is 6.91. The molecular formula is C21H28N4O3. The van der Waals surface area contributed by atoms with E-state index in [1.165, 1.54) is 6.33 Å². The zero-order valence-corrected chi connectivity index (χ0v) is 16.8. The third kappa shape index (κ3) is 4.91.